The van der Waals surface area contributed by atoms with Gasteiger partial charge in [-0.1, -0.05) is 43.7 Å². The standard InChI is InChI=1S/C12H14.C2H6/c1-9-6-7-12-10(2)4-3-5-11(12)8-9;1-2/h3-5,8H,6-7H2,1-2H3;1-2H3. The van der Waals surface area contributed by atoms with Gasteiger partial charge in [-0.05, 0) is 43.4 Å². The highest BCUT2D eigenvalue weighted by Gasteiger charge is 2.08. The first-order valence-corrected chi connectivity index (χ1v) is 5.53. The van der Waals surface area contributed by atoms with Gasteiger partial charge in [-0.15, -0.1) is 0 Å². The van der Waals surface area contributed by atoms with Crippen molar-refractivity contribution in [2.75, 3.05) is 0 Å². The fourth-order valence-electron chi connectivity index (χ4n) is 1.86. The van der Waals surface area contributed by atoms with Crippen molar-refractivity contribution in [3.05, 3.63) is 40.5 Å². The second kappa shape index (κ2) is 4.99. The van der Waals surface area contributed by atoms with Crippen LogP contribution in [0.3, 0.4) is 0 Å². The Morgan fingerprint density at radius 1 is 1.00 bits per heavy atom. The molecule has 0 atom stereocenters. The van der Waals surface area contributed by atoms with Crippen LogP contribution in [0.2, 0.25) is 0 Å². The van der Waals surface area contributed by atoms with Crippen LogP contribution in [0.5, 0.6) is 0 Å². The van der Waals surface area contributed by atoms with Gasteiger partial charge in [-0.25, -0.2) is 0 Å². The van der Waals surface area contributed by atoms with Gasteiger partial charge in [0.1, 0.15) is 0 Å². The molecule has 0 heteroatoms. The molecule has 1 aromatic rings. The molecule has 0 unspecified atom stereocenters. The van der Waals surface area contributed by atoms with E-state index in [4.69, 9.17) is 0 Å². The van der Waals surface area contributed by atoms with Crippen LogP contribution in [0.25, 0.3) is 6.08 Å². The number of fused-ring (bicyclic) bond motifs is 1. The van der Waals surface area contributed by atoms with Crippen molar-refractivity contribution in [2.24, 2.45) is 0 Å². The third-order valence-electron chi connectivity index (χ3n) is 2.62. The van der Waals surface area contributed by atoms with Crippen molar-refractivity contribution in [3.8, 4) is 0 Å². The highest BCUT2D eigenvalue weighted by atomic mass is 14.1. The van der Waals surface area contributed by atoms with Crippen LogP contribution < -0.4 is 0 Å². The van der Waals surface area contributed by atoms with Gasteiger partial charge in [0.25, 0.3) is 0 Å². The van der Waals surface area contributed by atoms with Crippen molar-refractivity contribution >= 4 is 6.08 Å². The number of rotatable bonds is 0. The molecule has 76 valence electrons. The second-order valence-corrected chi connectivity index (χ2v) is 3.63. The molecule has 0 aromatic heterocycles. The maximum atomic E-state index is 2.31. The van der Waals surface area contributed by atoms with E-state index in [-0.39, 0.29) is 0 Å². The lowest BCUT2D eigenvalue weighted by Crippen LogP contribution is -1.99. The van der Waals surface area contributed by atoms with Gasteiger partial charge in [-0.2, -0.15) is 0 Å². The van der Waals surface area contributed by atoms with Crippen LogP contribution in [0.15, 0.2) is 23.8 Å². The smallest absolute Gasteiger partial charge is 0.0222 e. The molecule has 1 aromatic carbocycles. The summed E-state index contributed by atoms with van der Waals surface area (Å²) in [6.07, 6.45) is 4.77. The molecular formula is C14H20. The molecule has 1 aliphatic carbocycles. The first-order valence-electron chi connectivity index (χ1n) is 5.53. The molecule has 14 heavy (non-hydrogen) atoms. The summed E-state index contributed by atoms with van der Waals surface area (Å²) in [6.45, 7) is 8.42. The summed E-state index contributed by atoms with van der Waals surface area (Å²) in [5.41, 5.74) is 5.92. The fraction of sp³-hybridized carbons (Fsp3) is 0.429. The summed E-state index contributed by atoms with van der Waals surface area (Å²) in [5, 5.41) is 0. The molecule has 0 saturated carbocycles. The highest BCUT2D eigenvalue weighted by Crippen LogP contribution is 2.25. The van der Waals surface area contributed by atoms with Crippen molar-refractivity contribution in [1.29, 1.82) is 0 Å². The minimum atomic E-state index is 1.23. The zero-order valence-corrected chi connectivity index (χ0v) is 9.72. The predicted molar refractivity (Wildman–Crippen MR) is 64.5 cm³/mol. The zero-order chi connectivity index (χ0) is 10.6. The number of hydrogen-bond donors (Lipinski definition) is 0. The molecule has 0 saturated heterocycles. The van der Waals surface area contributed by atoms with Crippen LogP contribution in [0.4, 0.5) is 0 Å². The summed E-state index contributed by atoms with van der Waals surface area (Å²) in [7, 11) is 0. The normalized spacial score (nSPS) is 13.6. The van der Waals surface area contributed by atoms with Crippen LogP contribution in [0.1, 0.15) is 43.9 Å². The van der Waals surface area contributed by atoms with Gasteiger partial charge in [0.05, 0.1) is 0 Å². The molecule has 2 rings (SSSR count). The van der Waals surface area contributed by atoms with Crippen molar-refractivity contribution < 1.29 is 0 Å². The first-order chi connectivity index (χ1) is 6.77. The van der Waals surface area contributed by atoms with E-state index in [1.54, 1.807) is 5.56 Å². The largest absolute Gasteiger partial charge is 0.0724 e. The Morgan fingerprint density at radius 2 is 1.71 bits per heavy atom. The number of allylic oxidation sites excluding steroid dienone is 1. The van der Waals surface area contributed by atoms with Crippen molar-refractivity contribution in [3.63, 3.8) is 0 Å². The molecule has 0 aliphatic heterocycles. The van der Waals surface area contributed by atoms with E-state index in [9.17, 15) is 0 Å². The van der Waals surface area contributed by atoms with Gasteiger partial charge in [-0.3, -0.25) is 0 Å². The third-order valence-corrected chi connectivity index (χ3v) is 2.62. The Kier molecular flexibility index (Phi) is 3.94. The van der Waals surface area contributed by atoms with Crippen molar-refractivity contribution in [2.45, 2.75) is 40.5 Å². The molecule has 1 aliphatic rings. The first kappa shape index (κ1) is 11.0. The summed E-state index contributed by atoms with van der Waals surface area (Å²) in [4.78, 5) is 0. The molecule has 0 heterocycles. The fourth-order valence-corrected chi connectivity index (χ4v) is 1.86. The van der Waals surface area contributed by atoms with E-state index >= 15 is 0 Å². The van der Waals surface area contributed by atoms with Gasteiger partial charge < -0.3 is 0 Å². The predicted octanol–water partition coefficient (Wildman–Crippen LogP) is 4.37. The summed E-state index contributed by atoms with van der Waals surface area (Å²) in [6, 6.07) is 6.56. The van der Waals surface area contributed by atoms with Crippen LogP contribution >= 0.6 is 0 Å². The topological polar surface area (TPSA) is 0 Å². The van der Waals surface area contributed by atoms with E-state index in [0.717, 1.165) is 0 Å². The lowest BCUT2D eigenvalue weighted by Gasteiger charge is -2.15. The minimum absolute atomic E-state index is 1.23. The van der Waals surface area contributed by atoms with Gasteiger partial charge in [0.15, 0.2) is 0 Å². The van der Waals surface area contributed by atoms with Crippen LogP contribution in [-0.4, -0.2) is 0 Å². The molecule has 0 fully saturated rings. The number of aryl methyl sites for hydroxylation is 1. The lowest BCUT2D eigenvalue weighted by atomic mass is 9.90. The van der Waals surface area contributed by atoms with Crippen LogP contribution in [-0.2, 0) is 6.42 Å². The lowest BCUT2D eigenvalue weighted by molar-refractivity contribution is 0.917. The van der Waals surface area contributed by atoms with Gasteiger partial charge in [0.2, 0.25) is 0 Å². The molecule has 0 bridgehead atoms. The molecular weight excluding hydrogens is 168 g/mol. The van der Waals surface area contributed by atoms with E-state index in [1.165, 1.54) is 29.5 Å². The van der Waals surface area contributed by atoms with E-state index in [0.29, 0.717) is 0 Å². The molecule has 0 nitrogen and oxygen atoms in total. The Hall–Kier alpha value is -1.04. The van der Waals surface area contributed by atoms with Gasteiger partial charge in [0, 0.05) is 0 Å². The third kappa shape index (κ3) is 2.25. The Balaban J connectivity index is 0.000000461. The molecule has 0 spiro atoms. The Morgan fingerprint density at radius 3 is 2.43 bits per heavy atom. The number of benzene rings is 1. The monoisotopic (exact) mass is 188 g/mol. The highest BCUT2D eigenvalue weighted by molar-refractivity contribution is 5.60. The summed E-state index contributed by atoms with van der Waals surface area (Å²) in [5.74, 6) is 0. The van der Waals surface area contributed by atoms with E-state index in [2.05, 4.69) is 38.1 Å². The SMILES string of the molecule is CC.CC1=Cc2cccc(C)c2CC1. The maximum Gasteiger partial charge on any atom is -0.0222 e. The van der Waals surface area contributed by atoms with Gasteiger partial charge >= 0.3 is 0 Å². The van der Waals surface area contributed by atoms with E-state index < -0.39 is 0 Å². The average Bonchev–Trinajstić information content (AvgIpc) is 2.21. The molecule has 0 radical (unpaired) electrons. The zero-order valence-electron chi connectivity index (χ0n) is 9.72. The van der Waals surface area contributed by atoms with Crippen molar-refractivity contribution in [1.82, 2.24) is 0 Å². The molecule has 0 amide bonds. The number of hydrogen-bond acceptors (Lipinski definition) is 0. The average molecular weight is 188 g/mol. The molecule has 0 N–H and O–H groups in total. The quantitative estimate of drug-likeness (QED) is 0.567. The minimum Gasteiger partial charge on any atom is -0.0724 e. The summed E-state index contributed by atoms with van der Waals surface area (Å²) < 4.78 is 0. The Labute approximate surface area is 87.7 Å². The Bertz CT molecular complexity index is 332. The second-order valence-electron chi connectivity index (χ2n) is 3.63. The van der Waals surface area contributed by atoms with E-state index in [1.807, 2.05) is 13.8 Å². The van der Waals surface area contributed by atoms with Crippen LogP contribution in [0, 0.1) is 6.92 Å². The maximum absolute atomic E-state index is 2.31. The summed E-state index contributed by atoms with van der Waals surface area (Å²) >= 11 is 0.